The van der Waals surface area contributed by atoms with Crippen LogP contribution in [0.2, 0.25) is 0 Å². The highest BCUT2D eigenvalue weighted by molar-refractivity contribution is 5.79. The second-order valence-electron chi connectivity index (χ2n) is 4.96. The molecule has 2 aromatic rings. The van der Waals surface area contributed by atoms with Crippen LogP contribution in [0.4, 0.5) is 0 Å². The lowest BCUT2D eigenvalue weighted by atomic mass is 9.84. The van der Waals surface area contributed by atoms with Crippen LogP contribution < -0.4 is 5.32 Å². The summed E-state index contributed by atoms with van der Waals surface area (Å²) in [4.78, 5) is 0. The molecule has 0 spiro atoms. The average Bonchev–Trinajstić information content (AvgIpc) is 2.83. The van der Waals surface area contributed by atoms with Crippen molar-refractivity contribution in [3.05, 3.63) is 30.0 Å². The summed E-state index contributed by atoms with van der Waals surface area (Å²) in [5.41, 5.74) is 2.02. The zero-order valence-electron chi connectivity index (χ0n) is 10.1. The molecule has 3 heteroatoms. The first-order valence-electron chi connectivity index (χ1n) is 6.41. The van der Waals surface area contributed by atoms with E-state index in [1.54, 1.807) is 0 Å². The van der Waals surface area contributed by atoms with Crippen molar-refractivity contribution in [3.8, 4) is 0 Å². The van der Waals surface area contributed by atoms with Gasteiger partial charge in [0, 0.05) is 11.3 Å². The molecule has 1 N–H and O–H groups in total. The Hall–Kier alpha value is -1.35. The number of aromatic nitrogens is 1. The molecule has 17 heavy (non-hydrogen) atoms. The largest absolute Gasteiger partial charge is 0.356 e. The Morgan fingerprint density at radius 1 is 1.41 bits per heavy atom. The molecule has 0 amide bonds. The van der Waals surface area contributed by atoms with Gasteiger partial charge >= 0.3 is 0 Å². The maximum absolute atomic E-state index is 5.39. The molecule has 1 aromatic carbocycles. The van der Waals surface area contributed by atoms with Gasteiger partial charge in [-0.2, -0.15) is 0 Å². The molecule has 2 atom stereocenters. The molecule has 1 fully saturated rings. The van der Waals surface area contributed by atoms with E-state index in [0.717, 1.165) is 24.4 Å². The number of piperidine rings is 1. The van der Waals surface area contributed by atoms with Crippen LogP contribution in [-0.2, 0) is 0 Å². The molecular formula is C14H18N2O. The molecule has 1 aliphatic heterocycles. The highest BCUT2D eigenvalue weighted by Crippen LogP contribution is 2.32. The van der Waals surface area contributed by atoms with E-state index in [4.69, 9.17) is 4.52 Å². The molecule has 2 unspecified atom stereocenters. The van der Waals surface area contributed by atoms with Crippen molar-refractivity contribution in [2.45, 2.75) is 25.7 Å². The quantitative estimate of drug-likeness (QED) is 0.862. The van der Waals surface area contributed by atoms with Gasteiger partial charge in [-0.3, -0.25) is 0 Å². The first-order chi connectivity index (χ1) is 8.36. The lowest BCUT2D eigenvalue weighted by molar-refractivity contribution is 0.322. The normalized spacial score (nSPS) is 22.8. The average molecular weight is 230 g/mol. The van der Waals surface area contributed by atoms with Crippen molar-refractivity contribution < 1.29 is 4.52 Å². The Balaban J connectivity index is 1.92. The standard InChI is InChI=1S/C14H18N2O/c1-10(11-5-4-8-15-9-11)14-12-6-2-3-7-13(12)17-16-14/h2-3,6-7,10-11,15H,4-5,8-9H2,1H3. The second-order valence-corrected chi connectivity index (χ2v) is 4.96. The first-order valence-corrected chi connectivity index (χ1v) is 6.41. The molecule has 1 aromatic heterocycles. The van der Waals surface area contributed by atoms with Gasteiger partial charge in [-0.25, -0.2) is 0 Å². The van der Waals surface area contributed by atoms with E-state index in [9.17, 15) is 0 Å². The van der Waals surface area contributed by atoms with Gasteiger partial charge in [0.2, 0.25) is 0 Å². The fourth-order valence-electron chi connectivity index (χ4n) is 2.76. The summed E-state index contributed by atoms with van der Waals surface area (Å²) in [6.07, 6.45) is 2.56. The fourth-order valence-corrected chi connectivity index (χ4v) is 2.76. The number of rotatable bonds is 2. The summed E-state index contributed by atoms with van der Waals surface area (Å²) in [6.45, 7) is 4.52. The molecule has 0 radical (unpaired) electrons. The highest BCUT2D eigenvalue weighted by atomic mass is 16.5. The first kappa shape index (κ1) is 10.8. The number of fused-ring (bicyclic) bond motifs is 1. The number of nitrogens with zero attached hydrogens (tertiary/aromatic N) is 1. The van der Waals surface area contributed by atoms with Gasteiger partial charge in [-0.05, 0) is 44.0 Å². The summed E-state index contributed by atoms with van der Waals surface area (Å²) in [6, 6.07) is 8.13. The summed E-state index contributed by atoms with van der Waals surface area (Å²) in [5, 5.41) is 8.91. The molecule has 0 aliphatic carbocycles. The van der Waals surface area contributed by atoms with Gasteiger partial charge in [0.1, 0.15) is 0 Å². The molecule has 3 nitrogen and oxygen atoms in total. The Labute approximate surface area is 101 Å². The Bertz CT molecular complexity index is 500. The van der Waals surface area contributed by atoms with E-state index >= 15 is 0 Å². The summed E-state index contributed by atoms with van der Waals surface area (Å²) in [5.74, 6) is 1.14. The predicted molar refractivity (Wildman–Crippen MR) is 68.0 cm³/mol. The van der Waals surface area contributed by atoms with E-state index in [-0.39, 0.29) is 0 Å². The maximum Gasteiger partial charge on any atom is 0.167 e. The SMILES string of the molecule is CC(c1noc2ccccc12)C1CCCNC1. The van der Waals surface area contributed by atoms with Crippen LogP contribution in [0.3, 0.4) is 0 Å². The zero-order chi connectivity index (χ0) is 11.7. The van der Waals surface area contributed by atoms with Crippen LogP contribution in [0.15, 0.2) is 28.8 Å². The van der Waals surface area contributed by atoms with E-state index in [1.165, 1.54) is 18.2 Å². The molecule has 2 heterocycles. The third-order valence-corrected chi connectivity index (χ3v) is 3.88. The van der Waals surface area contributed by atoms with Crippen LogP contribution in [0.25, 0.3) is 11.0 Å². The van der Waals surface area contributed by atoms with Crippen LogP contribution in [0.5, 0.6) is 0 Å². The lowest BCUT2D eigenvalue weighted by Gasteiger charge is -2.27. The third-order valence-electron chi connectivity index (χ3n) is 3.88. The summed E-state index contributed by atoms with van der Waals surface area (Å²) < 4.78 is 5.39. The van der Waals surface area contributed by atoms with Crippen LogP contribution in [-0.4, -0.2) is 18.2 Å². The van der Waals surface area contributed by atoms with Crippen molar-refractivity contribution >= 4 is 11.0 Å². The summed E-state index contributed by atoms with van der Waals surface area (Å²) in [7, 11) is 0. The minimum Gasteiger partial charge on any atom is -0.356 e. The number of hydrogen-bond donors (Lipinski definition) is 1. The Morgan fingerprint density at radius 3 is 3.12 bits per heavy atom. The minimum atomic E-state index is 0.464. The molecule has 1 saturated heterocycles. The molecule has 1 aliphatic rings. The number of para-hydroxylation sites is 1. The molecule has 90 valence electrons. The summed E-state index contributed by atoms with van der Waals surface area (Å²) >= 11 is 0. The molecule has 0 bridgehead atoms. The minimum absolute atomic E-state index is 0.464. The molecule has 3 rings (SSSR count). The van der Waals surface area contributed by atoms with Gasteiger partial charge in [-0.15, -0.1) is 0 Å². The zero-order valence-corrected chi connectivity index (χ0v) is 10.1. The number of hydrogen-bond acceptors (Lipinski definition) is 3. The molecule has 0 saturated carbocycles. The topological polar surface area (TPSA) is 38.1 Å². The van der Waals surface area contributed by atoms with Gasteiger partial charge in [-0.1, -0.05) is 24.2 Å². The Morgan fingerprint density at radius 2 is 2.29 bits per heavy atom. The van der Waals surface area contributed by atoms with Crippen molar-refractivity contribution in [3.63, 3.8) is 0 Å². The van der Waals surface area contributed by atoms with Crippen molar-refractivity contribution in [1.82, 2.24) is 10.5 Å². The predicted octanol–water partition coefficient (Wildman–Crippen LogP) is 2.93. The third kappa shape index (κ3) is 1.95. The molecular weight excluding hydrogens is 212 g/mol. The monoisotopic (exact) mass is 230 g/mol. The van der Waals surface area contributed by atoms with Gasteiger partial charge < -0.3 is 9.84 Å². The van der Waals surface area contributed by atoms with E-state index in [1.807, 2.05) is 12.1 Å². The van der Waals surface area contributed by atoms with E-state index in [2.05, 4.69) is 29.5 Å². The van der Waals surface area contributed by atoms with Crippen LogP contribution in [0.1, 0.15) is 31.4 Å². The lowest BCUT2D eigenvalue weighted by Crippen LogP contribution is -2.32. The van der Waals surface area contributed by atoms with E-state index < -0.39 is 0 Å². The van der Waals surface area contributed by atoms with Crippen molar-refractivity contribution in [2.24, 2.45) is 5.92 Å². The Kier molecular flexibility index (Phi) is 2.85. The van der Waals surface area contributed by atoms with Crippen molar-refractivity contribution in [1.29, 1.82) is 0 Å². The van der Waals surface area contributed by atoms with Gasteiger partial charge in [0.05, 0.1) is 5.69 Å². The number of benzene rings is 1. The second kappa shape index (κ2) is 4.49. The highest BCUT2D eigenvalue weighted by Gasteiger charge is 2.25. The maximum atomic E-state index is 5.39. The van der Waals surface area contributed by atoms with Crippen LogP contribution >= 0.6 is 0 Å². The van der Waals surface area contributed by atoms with E-state index in [0.29, 0.717) is 11.8 Å². The van der Waals surface area contributed by atoms with Gasteiger partial charge in [0.15, 0.2) is 5.58 Å². The number of nitrogens with one attached hydrogen (secondary N) is 1. The van der Waals surface area contributed by atoms with Gasteiger partial charge in [0.25, 0.3) is 0 Å². The van der Waals surface area contributed by atoms with Crippen LogP contribution in [0, 0.1) is 5.92 Å². The van der Waals surface area contributed by atoms with Crippen molar-refractivity contribution in [2.75, 3.05) is 13.1 Å². The fraction of sp³-hybridized carbons (Fsp3) is 0.500. The smallest absolute Gasteiger partial charge is 0.167 e.